The van der Waals surface area contributed by atoms with Crippen LogP contribution in [-0.2, 0) is 4.79 Å². The van der Waals surface area contributed by atoms with E-state index in [1.165, 1.54) is 0 Å². The quantitative estimate of drug-likeness (QED) is 0.734. The minimum atomic E-state index is -0.0337. The Morgan fingerprint density at radius 2 is 1.78 bits per heavy atom. The molecule has 1 aliphatic rings. The summed E-state index contributed by atoms with van der Waals surface area (Å²) in [6, 6.07) is 13.0. The standard InChI is InChI=1S/C21H24N2O4/c1-16-13-17(14-24)7-8-18(16)22-9-11-23(12-10-22)21(25)15-27-20-6-4-3-5-19(20)26-2/h3-8,13-14H,9-12,15H2,1-2H3. The van der Waals surface area contributed by atoms with Crippen LogP contribution in [0.5, 0.6) is 11.5 Å². The second-order valence-corrected chi connectivity index (χ2v) is 6.47. The number of aldehydes is 1. The van der Waals surface area contributed by atoms with Crippen LogP contribution in [-0.4, -0.2) is 57.0 Å². The van der Waals surface area contributed by atoms with Gasteiger partial charge in [0, 0.05) is 37.4 Å². The van der Waals surface area contributed by atoms with Crippen LogP contribution < -0.4 is 14.4 Å². The fraction of sp³-hybridized carbons (Fsp3) is 0.333. The Morgan fingerprint density at radius 1 is 1.07 bits per heavy atom. The molecule has 0 atom stereocenters. The van der Waals surface area contributed by atoms with Gasteiger partial charge in [0.05, 0.1) is 7.11 Å². The van der Waals surface area contributed by atoms with Crippen LogP contribution >= 0.6 is 0 Å². The first kappa shape index (κ1) is 18.8. The molecule has 0 unspecified atom stereocenters. The number of ether oxygens (including phenoxy) is 2. The predicted molar refractivity (Wildman–Crippen MR) is 104 cm³/mol. The monoisotopic (exact) mass is 368 g/mol. The number of benzene rings is 2. The van der Waals surface area contributed by atoms with E-state index in [4.69, 9.17) is 9.47 Å². The first-order valence-electron chi connectivity index (χ1n) is 8.96. The van der Waals surface area contributed by atoms with Gasteiger partial charge in [-0.1, -0.05) is 12.1 Å². The number of anilines is 1. The van der Waals surface area contributed by atoms with Crippen LogP contribution in [0.15, 0.2) is 42.5 Å². The molecule has 0 aliphatic carbocycles. The van der Waals surface area contributed by atoms with Gasteiger partial charge in [0.2, 0.25) is 0 Å². The summed E-state index contributed by atoms with van der Waals surface area (Å²) < 4.78 is 10.9. The molecule has 2 aromatic carbocycles. The zero-order chi connectivity index (χ0) is 19.2. The fourth-order valence-corrected chi connectivity index (χ4v) is 3.27. The third-order valence-electron chi connectivity index (χ3n) is 4.75. The summed E-state index contributed by atoms with van der Waals surface area (Å²) >= 11 is 0. The molecule has 0 radical (unpaired) electrons. The van der Waals surface area contributed by atoms with Gasteiger partial charge in [0.15, 0.2) is 18.1 Å². The first-order chi connectivity index (χ1) is 13.1. The van der Waals surface area contributed by atoms with E-state index in [0.717, 1.165) is 30.6 Å². The Morgan fingerprint density at radius 3 is 2.41 bits per heavy atom. The van der Waals surface area contributed by atoms with Crippen molar-refractivity contribution in [1.29, 1.82) is 0 Å². The molecule has 27 heavy (non-hydrogen) atoms. The Balaban J connectivity index is 1.54. The van der Waals surface area contributed by atoms with Crippen molar-refractivity contribution < 1.29 is 19.1 Å². The predicted octanol–water partition coefficient (Wildman–Crippen LogP) is 2.54. The molecule has 1 amide bonds. The largest absolute Gasteiger partial charge is 0.493 e. The lowest BCUT2D eigenvalue weighted by Gasteiger charge is -2.36. The van der Waals surface area contributed by atoms with Gasteiger partial charge in [-0.25, -0.2) is 0 Å². The van der Waals surface area contributed by atoms with Crippen LogP contribution in [0.3, 0.4) is 0 Å². The van der Waals surface area contributed by atoms with Crippen molar-refractivity contribution in [3.63, 3.8) is 0 Å². The summed E-state index contributed by atoms with van der Waals surface area (Å²) in [6.07, 6.45) is 0.856. The molecule has 0 aromatic heterocycles. The van der Waals surface area contributed by atoms with Crippen LogP contribution in [0.2, 0.25) is 0 Å². The number of para-hydroxylation sites is 2. The lowest BCUT2D eigenvalue weighted by atomic mass is 10.1. The summed E-state index contributed by atoms with van der Waals surface area (Å²) in [6.45, 7) is 4.78. The lowest BCUT2D eigenvalue weighted by molar-refractivity contribution is -0.133. The zero-order valence-electron chi connectivity index (χ0n) is 15.7. The number of nitrogens with zero attached hydrogens (tertiary/aromatic N) is 2. The third-order valence-corrected chi connectivity index (χ3v) is 4.75. The molecule has 0 N–H and O–H groups in total. The molecule has 6 heteroatoms. The van der Waals surface area contributed by atoms with Crippen LogP contribution in [0.1, 0.15) is 15.9 Å². The maximum Gasteiger partial charge on any atom is 0.260 e. The van der Waals surface area contributed by atoms with Crippen molar-refractivity contribution >= 4 is 17.9 Å². The molecule has 142 valence electrons. The number of hydrogen-bond donors (Lipinski definition) is 0. The van der Waals surface area contributed by atoms with E-state index in [1.54, 1.807) is 19.2 Å². The minimum absolute atomic E-state index is 0.00652. The van der Waals surface area contributed by atoms with Gasteiger partial charge in [0.25, 0.3) is 5.91 Å². The number of rotatable bonds is 6. The van der Waals surface area contributed by atoms with E-state index in [1.807, 2.05) is 42.2 Å². The molecule has 0 spiro atoms. The normalized spacial score (nSPS) is 14.0. The van der Waals surface area contributed by atoms with Crippen LogP contribution in [0, 0.1) is 6.92 Å². The van der Waals surface area contributed by atoms with Crippen molar-refractivity contribution in [2.45, 2.75) is 6.92 Å². The Labute approximate surface area is 159 Å². The molecule has 1 heterocycles. The third kappa shape index (κ3) is 4.39. The molecule has 1 saturated heterocycles. The summed E-state index contributed by atoms with van der Waals surface area (Å²) in [4.78, 5) is 27.4. The maximum absolute atomic E-state index is 12.5. The molecule has 0 saturated carbocycles. The molecule has 1 fully saturated rings. The molecule has 3 rings (SSSR count). The molecule has 1 aliphatic heterocycles. The lowest BCUT2D eigenvalue weighted by Crippen LogP contribution is -2.50. The van der Waals surface area contributed by atoms with E-state index in [0.29, 0.717) is 30.2 Å². The van der Waals surface area contributed by atoms with Crippen LogP contribution in [0.4, 0.5) is 5.69 Å². The molecule has 2 aromatic rings. The topological polar surface area (TPSA) is 59.1 Å². The van der Waals surface area contributed by atoms with Crippen molar-refractivity contribution in [3.8, 4) is 11.5 Å². The van der Waals surface area contributed by atoms with E-state index in [2.05, 4.69) is 4.90 Å². The second-order valence-electron chi connectivity index (χ2n) is 6.47. The molecule has 0 bridgehead atoms. The number of carbonyl (C=O) groups excluding carboxylic acids is 2. The SMILES string of the molecule is COc1ccccc1OCC(=O)N1CCN(c2ccc(C=O)cc2C)CC1. The highest BCUT2D eigenvalue weighted by Gasteiger charge is 2.22. The van der Waals surface area contributed by atoms with Crippen molar-refractivity contribution in [2.75, 3.05) is 44.8 Å². The number of carbonyl (C=O) groups is 2. The maximum atomic E-state index is 12.5. The molecule has 6 nitrogen and oxygen atoms in total. The van der Waals surface area contributed by atoms with Gasteiger partial charge in [-0.3, -0.25) is 9.59 Å². The van der Waals surface area contributed by atoms with E-state index >= 15 is 0 Å². The van der Waals surface area contributed by atoms with Crippen molar-refractivity contribution in [1.82, 2.24) is 4.90 Å². The van der Waals surface area contributed by atoms with Crippen molar-refractivity contribution in [2.24, 2.45) is 0 Å². The van der Waals surface area contributed by atoms with Gasteiger partial charge in [-0.05, 0) is 42.8 Å². The van der Waals surface area contributed by atoms with Gasteiger partial charge >= 0.3 is 0 Å². The number of aryl methyl sites for hydroxylation is 1. The van der Waals surface area contributed by atoms with Crippen molar-refractivity contribution in [3.05, 3.63) is 53.6 Å². The average molecular weight is 368 g/mol. The summed E-state index contributed by atoms with van der Waals surface area (Å²) in [5, 5.41) is 0. The number of methoxy groups -OCH3 is 1. The smallest absolute Gasteiger partial charge is 0.260 e. The number of amides is 1. The Bertz CT molecular complexity index is 814. The highest BCUT2D eigenvalue weighted by Crippen LogP contribution is 2.26. The Kier molecular flexibility index (Phi) is 5.96. The van der Waals surface area contributed by atoms with Gasteiger partial charge in [0.1, 0.15) is 6.29 Å². The minimum Gasteiger partial charge on any atom is -0.493 e. The molecular formula is C21H24N2O4. The van der Waals surface area contributed by atoms with Crippen LogP contribution in [0.25, 0.3) is 0 Å². The number of hydrogen-bond acceptors (Lipinski definition) is 5. The second kappa shape index (κ2) is 8.58. The van der Waals surface area contributed by atoms with Gasteiger partial charge < -0.3 is 19.3 Å². The van der Waals surface area contributed by atoms with E-state index < -0.39 is 0 Å². The highest BCUT2D eigenvalue weighted by atomic mass is 16.5. The van der Waals surface area contributed by atoms with E-state index in [-0.39, 0.29) is 12.5 Å². The summed E-state index contributed by atoms with van der Waals surface area (Å²) in [5.74, 6) is 1.15. The highest BCUT2D eigenvalue weighted by molar-refractivity contribution is 5.79. The first-order valence-corrected chi connectivity index (χ1v) is 8.96. The summed E-state index contributed by atoms with van der Waals surface area (Å²) in [7, 11) is 1.58. The summed E-state index contributed by atoms with van der Waals surface area (Å²) in [5.41, 5.74) is 2.86. The Hall–Kier alpha value is -3.02. The van der Waals surface area contributed by atoms with Gasteiger partial charge in [-0.2, -0.15) is 0 Å². The zero-order valence-corrected chi connectivity index (χ0v) is 15.7. The van der Waals surface area contributed by atoms with E-state index in [9.17, 15) is 9.59 Å². The average Bonchev–Trinajstić information content (AvgIpc) is 2.72. The fourth-order valence-electron chi connectivity index (χ4n) is 3.27. The molecular weight excluding hydrogens is 344 g/mol. The van der Waals surface area contributed by atoms with Gasteiger partial charge in [-0.15, -0.1) is 0 Å². The number of piperazine rings is 1.